The molecule has 1 aromatic carbocycles. The van der Waals surface area contributed by atoms with Gasteiger partial charge in [0.15, 0.2) is 0 Å². The molecule has 24 heavy (non-hydrogen) atoms. The minimum Gasteiger partial charge on any atom is -0.346 e. The smallest absolute Gasteiger partial charge is 0.251 e. The third kappa shape index (κ3) is 2.77. The molecule has 1 atom stereocenters. The lowest BCUT2D eigenvalue weighted by molar-refractivity contribution is -0.119. The number of rotatable bonds is 3. The first-order valence-electron chi connectivity index (χ1n) is 7.98. The number of carbonyl (C=O) groups excluding carboxylic acids is 2. The number of amides is 2. The maximum Gasteiger partial charge on any atom is 0.251 e. The van der Waals surface area contributed by atoms with E-state index in [-0.39, 0.29) is 17.9 Å². The molecule has 5 nitrogen and oxygen atoms in total. The van der Waals surface area contributed by atoms with Crippen LogP contribution in [0.2, 0.25) is 0 Å². The van der Waals surface area contributed by atoms with Gasteiger partial charge in [0.25, 0.3) is 5.91 Å². The Morgan fingerprint density at radius 3 is 2.71 bits per heavy atom. The Bertz CT molecular complexity index is 827. The molecular formula is C19H21N3O2. The number of hydrogen-bond donors (Lipinski definition) is 2. The highest BCUT2D eigenvalue weighted by molar-refractivity contribution is 6.07. The Hall–Kier alpha value is -2.69. The number of benzene rings is 1. The van der Waals surface area contributed by atoms with Gasteiger partial charge in [0.1, 0.15) is 0 Å². The van der Waals surface area contributed by atoms with Gasteiger partial charge in [-0.05, 0) is 63.1 Å². The van der Waals surface area contributed by atoms with E-state index in [1.54, 1.807) is 18.3 Å². The molecule has 2 heterocycles. The summed E-state index contributed by atoms with van der Waals surface area (Å²) < 4.78 is 0. The SMILES string of the molecule is Cc1cc(C(C)NC(=O)c2ccc3c(c2)NC(=O)C3(C)C)ccn1. The summed E-state index contributed by atoms with van der Waals surface area (Å²) in [5.74, 6) is -0.214. The van der Waals surface area contributed by atoms with Crippen molar-refractivity contribution in [2.45, 2.75) is 39.2 Å². The molecule has 124 valence electrons. The third-order valence-electron chi connectivity index (χ3n) is 4.54. The summed E-state index contributed by atoms with van der Waals surface area (Å²) in [7, 11) is 0. The van der Waals surface area contributed by atoms with Crippen molar-refractivity contribution in [1.82, 2.24) is 10.3 Å². The molecule has 0 saturated heterocycles. The van der Waals surface area contributed by atoms with Crippen molar-refractivity contribution in [1.29, 1.82) is 0 Å². The molecule has 0 saturated carbocycles. The molecule has 0 bridgehead atoms. The van der Waals surface area contributed by atoms with Gasteiger partial charge in [0.2, 0.25) is 5.91 Å². The van der Waals surface area contributed by atoms with Crippen LogP contribution in [0.4, 0.5) is 5.69 Å². The zero-order chi connectivity index (χ0) is 17.5. The van der Waals surface area contributed by atoms with Crippen LogP contribution in [0.25, 0.3) is 0 Å². The number of nitrogens with zero attached hydrogens (tertiary/aromatic N) is 1. The molecular weight excluding hydrogens is 302 g/mol. The van der Waals surface area contributed by atoms with E-state index in [0.717, 1.165) is 16.8 Å². The van der Waals surface area contributed by atoms with Gasteiger partial charge in [-0.1, -0.05) is 6.07 Å². The summed E-state index contributed by atoms with van der Waals surface area (Å²) in [6, 6.07) is 9.07. The van der Waals surface area contributed by atoms with Gasteiger partial charge < -0.3 is 10.6 Å². The lowest BCUT2D eigenvalue weighted by Gasteiger charge is -2.16. The van der Waals surface area contributed by atoms with Crippen LogP contribution in [-0.2, 0) is 10.2 Å². The average Bonchev–Trinajstić information content (AvgIpc) is 2.76. The van der Waals surface area contributed by atoms with E-state index < -0.39 is 5.41 Å². The molecule has 0 fully saturated rings. The molecule has 2 aromatic rings. The van der Waals surface area contributed by atoms with Crippen LogP contribution in [-0.4, -0.2) is 16.8 Å². The van der Waals surface area contributed by atoms with E-state index in [0.29, 0.717) is 11.3 Å². The molecule has 0 aliphatic carbocycles. The van der Waals surface area contributed by atoms with Crippen molar-refractivity contribution in [3.05, 3.63) is 58.9 Å². The van der Waals surface area contributed by atoms with Crippen molar-refractivity contribution in [2.75, 3.05) is 5.32 Å². The Morgan fingerprint density at radius 2 is 2.00 bits per heavy atom. The highest BCUT2D eigenvalue weighted by Gasteiger charge is 2.38. The summed E-state index contributed by atoms with van der Waals surface area (Å²) in [5.41, 5.74) is 3.52. The zero-order valence-electron chi connectivity index (χ0n) is 14.3. The van der Waals surface area contributed by atoms with E-state index in [1.165, 1.54) is 0 Å². The van der Waals surface area contributed by atoms with Gasteiger partial charge >= 0.3 is 0 Å². The first kappa shape index (κ1) is 16.2. The van der Waals surface area contributed by atoms with Crippen molar-refractivity contribution in [2.24, 2.45) is 0 Å². The number of fused-ring (bicyclic) bond motifs is 1. The van der Waals surface area contributed by atoms with Crippen LogP contribution in [0.1, 0.15) is 54.0 Å². The molecule has 0 radical (unpaired) electrons. The number of aryl methyl sites for hydroxylation is 1. The highest BCUT2D eigenvalue weighted by atomic mass is 16.2. The standard InChI is InChI=1S/C19H21N3O2/c1-11-9-13(7-8-20-11)12(2)21-17(23)14-5-6-15-16(10-14)22-18(24)19(15,3)4/h5-10,12H,1-4H3,(H,21,23)(H,22,24). The summed E-state index contributed by atoms with van der Waals surface area (Å²) in [6.07, 6.45) is 1.74. The second kappa shape index (κ2) is 5.74. The molecule has 2 amide bonds. The first-order valence-corrected chi connectivity index (χ1v) is 7.98. The molecule has 1 aliphatic rings. The lowest BCUT2D eigenvalue weighted by atomic mass is 9.86. The van der Waals surface area contributed by atoms with Crippen molar-refractivity contribution < 1.29 is 9.59 Å². The minimum atomic E-state index is -0.563. The van der Waals surface area contributed by atoms with Gasteiger partial charge in [-0.15, -0.1) is 0 Å². The topological polar surface area (TPSA) is 71.1 Å². The van der Waals surface area contributed by atoms with Crippen LogP contribution in [0.15, 0.2) is 36.5 Å². The summed E-state index contributed by atoms with van der Waals surface area (Å²) in [6.45, 7) is 7.61. The van der Waals surface area contributed by atoms with E-state index in [4.69, 9.17) is 0 Å². The van der Waals surface area contributed by atoms with Crippen LogP contribution in [0.5, 0.6) is 0 Å². The molecule has 1 aromatic heterocycles. The third-order valence-corrected chi connectivity index (χ3v) is 4.54. The zero-order valence-corrected chi connectivity index (χ0v) is 14.3. The van der Waals surface area contributed by atoms with Gasteiger partial charge in [0, 0.05) is 23.1 Å². The van der Waals surface area contributed by atoms with E-state index in [2.05, 4.69) is 15.6 Å². The number of carbonyl (C=O) groups is 2. The number of hydrogen-bond acceptors (Lipinski definition) is 3. The predicted octanol–water partition coefficient (Wildman–Crippen LogP) is 3.11. The van der Waals surface area contributed by atoms with Gasteiger partial charge in [-0.3, -0.25) is 14.6 Å². The molecule has 0 spiro atoms. The van der Waals surface area contributed by atoms with Crippen LogP contribution >= 0.6 is 0 Å². The highest BCUT2D eigenvalue weighted by Crippen LogP contribution is 2.37. The average molecular weight is 323 g/mol. The molecule has 2 N–H and O–H groups in total. The van der Waals surface area contributed by atoms with Crippen molar-refractivity contribution >= 4 is 17.5 Å². The van der Waals surface area contributed by atoms with Crippen molar-refractivity contribution in [3.63, 3.8) is 0 Å². The van der Waals surface area contributed by atoms with E-state index in [1.807, 2.05) is 45.9 Å². The molecule has 5 heteroatoms. The Labute approximate surface area is 141 Å². The number of nitrogens with one attached hydrogen (secondary N) is 2. The second-order valence-corrected chi connectivity index (χ2v) is 6.77. The number of aromatic nitrogens is 1. The molecule has 1 aliphatic heterocycles. The van der Waals surface area contributed by atoms with E-state index >= 15 is 0 Å². The summed E-state index contributed by atoms with van der Waals surface area (Å²) in [4.78, 5) is 28.7. The van der Waals surface area contributed by atoms with Crippen LogP contribution < -0.4 is 10.6 Å². The maximum absolute atomic E-state index is 12.5. The predicted molar refractivity (Wildman–Crippen MR) is 93.0 cm³/mol. The fraction of sp³-hybridized carbons (Fsp3) is 0.316. The van der Waals surface area contributed by atoms with Crippen LogP contribution in [0, 0.1) is 6.92 Å². The van der Waals surface area contributed by atoms with Crippen molar-refractivity contribution in [3.8, 4) is 0 Å². The van der Waals surface area contributed by atoms with Gasteiger partial charge in [0.05, 0.1) is 11.5 Å². The Morgan fingerprint density at radius 1 is 1.25 bits per heavy atom. The Balaban J connectivity index is 1.80. The van der Waals surface area contributed by atoms with Gasteiger partial charge in [-0.2, -0.15) is 0 Å². The largest absolute Gasteiger partial charge is 0.346 e. The van der Waals surface area contributed by atoms with E-state index in [9.17, 15) is 9.59 Å². The summed E-state index contributed by atoms with van der Waals surface area (Å²) in [5, 5.41) is 5.83. The molecule has 1 unspecified atom stereocenters. The second-order valence-electron chi connectivity index (χ2n) is 6.77. The minimum absolute atomic E-state index is 0.0457. The monoisotopic (exact) mass is 323 g/mol. The molecule has 3 rings (SSSR count). The lowest BCUT2D eigenvalue weighted by Crippen LogP contribution is -2.27. The number of pyridine rings is 1. The van der Waals surface area contributed by atoms with Crippen LogP contribution in [0.3, 0.4) is 0 Å². The normalized spacial score (nSPS) is 16.2. The number of anilines is 1. The summed E-state index contributed by atoms with van der Waals surface area (Å²) >= 11 is 0. The fourth-order valence-corrected chi connectivity index (χ4v) is 2.93. The maximum atomic E-state index is 12.5. The Kier molecular flexibility index (Phi) is 3.87. The quantitative estimate of drug-likeness (QED) is 0.911. The first-order chi connectivity index (χ1) is 11.3. The fourth-order valence-electron chi connectivity index (χ4n) is 2.93. The van der Waals surface area contributed by atoms with Gasteiger partial charge in [-0.25, -0.2) is 0 Å².